The summed E-state index contributed by atoms with van der Waals surface area (Å²) in [5.74, 6) is 0.659. The summed E-state index contributed by atoms with van der Waals surface area (Å²) in [6, 6.07) is 7.48. The molecule has 98 valence electrons. The molecule has 1 aromatic rings. The molecule has 0 radical (unpaired) electrons. The van der Waals surface area contributed by atoms with E-state index < -0.39 is 0 Å². The number of nitrogens with one attached hydrogen (secondary N) is 1. The van der Waals surface area contributed by atoms with Crippen LogP contribution in [0, 0.1) is 5.82 Å². The Labute approximate surface area is 107 Å². The second-order valence-electron chi connectivity index (χ2n) is 5.16. The van der Waals surface area contributed by atoms with Gasteiger partial charge < -0.3 is 11.1 Å². The van der Waals surface area contributed by atoms with Gasteiger partial charge in [-0.2, -0.15) is 0 Å². The summed E-state index contributed by atoms with van der Waals surface area (Å²) in [7, 11) is 0. The number of rotatable bonds is 3. The Morgan fingerprint density at radius 2 is 2.06 bits per heavy atom. The largest absolute Gasteiger partial charge is 0.370 e. The van der Waals surface area contributed by atoms with Crippen molar-refractivity contribution in [3.63, 3.8) is 0 Å². The van der Waals surface area contributed by atoms with Crippen LogP contribution < -0.4 is 11.1 Å². The molecular weight excluding hydrogens is 229 g/mol. The van der Waals surface area contributed by atoms with Crippen LogP contribution in [0.4, 0.5) is 4.39 Å². The highest BCUT2D eigenvalue weighted by Crippen LogP contribution is 2.39. The van der Waals surface area contributed by atoms with E-state index in [2.05, 4.69) is 10.3 Å². The molecule has 1 saturated carbocycles. The number of aliphatic imine (C=N–C) groups is 1. The van der Waals surface area contributed by atoms with Crippen molar-refractivity contribution in [2.75, 3.05) is 0 Å². The molecule has 0 bridgehead atoms. The molecule has 18 heavy (non-hydrogen) atoms. The highest BCUT2D eigenvalue weighted by Gasteiger charge is 2.31. The van der Waals surface area contributed by atoms with Gasteiger partial charge in [-0.15, -0.1) is 0 Å². The maximum Gasteiger partial charge on any atom is 0.189 e. The lowest BCUT2D eigenvalue weighted by molar-refractivity contribution is 0.343. The predicted octanol–water partition coefficient (Wildman–Crippen LogP) is 2.38. The second kappa shape index (κ2) is 5.38. The molecule has 0 saturated heterocycles. The number of hydrogen-bond donors (Lipinski definition) is 2. The van der Waals surface area contributed by atoms with Gasteiger partial charge >= 0.3 is 0 Å². The molecule has 0 aromatic heterocycles. The summed E-state index contributed by atoms with van der Waals surface area (Å²) in [4.78, 5) is 4.39. The average molecular weight is 249 g/mol. The van der Waals surface area contributed by atoms with E-state index in [4.69, 9.17) is 5.73 Å². The van der Waals surface area contributed by atoms with Gasteiger partial charge in [0.05, 0.1) is 6.04 Å². The standard InChI is InChI=1S/C14H20FN3/c1-9(2)17-14(16)18-11-7-10(8-11)12-5-3-4-6-13(12)15/h3-6,9-11H,7-8H2,1-2H3,(H3,16,17,18). The highest BCUT2D eigenvalue weighted by molar-refractivity contribution is 5.78. The maximum absolute atomic E-state index is 13.5. The fourth-order valence-electron chi connectivity index (χ4n) is 2.28. The van der Waals surface area contributed by atoms with Gasteiger partial charge in [-0.25, -0.2) is 4.39 Å². The van der Waals surface area contributed by atoms with E-state index in [0.717, 1.165) is 18.4 Å². The summed E-state index contributed by atoms with van der Waals surface area (Å²) < 4.78 is 13.5. The Kier molecular flexibility index (Phi) is 3.84. The van der Waals surface area contributed by atoms with Crippen molar-refractivity contribution in [2.24, 2.45) is 10.7 Å². The quantitative estimate of drug-likeness (QED) is 0.638. The van der Waals surface area contributed by atoms with Crippen molar-refractivity contribution in [3.05, 3.63) is 35.6 Å². The van der Waals surface area contributed by atoms with Crippen molar-refractivity contribution in [2.45, 2.75) is 44.7 Å². The molecule has 3 nitrogen and oxygen atoms in total. The lowest BCUT2D eigenvalue weighted by atomic mass is 9.76. The van der Waals surface area contributed by atoms with Gasteiger partial charge in [-0.3, -0.25) is 4.99 Å². The third-order valence-electron chi connectivity index (χ3n) is 3.22. The number of hydrogen-bond acceptors (Lipinski definition) is 1. The minimum atomic E-state index is -0.113. The molecule has 2 rings (SSSR count). The van der Waals surface area contributed by atoms with Crippen LogP contribution in [0.1, 0.15) is 38.2 Å². The molecule has 4 heteroatoms. The minimum Gasteiger partial charge on any atom is -0.370 e. The van der Waals surface area contributed by atoms with E-state index in [1.54, 1.807) is 6.07 Å². The molecule has 0 unspecified atom stereocenters. The van der Waals surface area contributed by atoms with Gasteiger partial charge in [0.25, 0.3) is 0 Å². The van der Waals surface area contributed by atoms with Gasteiger partial charge in [0.15, 0.2) is 5.96 Å². The molecule has 3 N–H and O–H groups in total. The maximum atomic E-state index is 13.5. The molecule has 0 aliphatic heterocycles. The van der Waals surface area contributed by atoms with Gasteiger partial charge in [-0.05, 0) is 44.2 Å². The van der Waals surface area contributed by atoms with E-state index in [1.807, 2.05) is 26.0 Å². The van der Waals surface area contributed by atoms with Crippen molar-refractivity contribution in [3.8, 4) is 0 Å². The topological polar surface area (TPSA) is 50.4 Å². The van der Waals surface area contributed by atoms with Gasteiger partial charge in [-0.1, -0.05) is 18.2 Å². The molecule has 1 aliphatic rings. The van der Waals surface area contributed by atoms with Crippen LogP contribution in [-0.4, -0.2) is 18.0 Å². The van der Waals surface area contributed by atoms with Crippen LogP contribution in [-0.2, 0) is 0 Å². The van der Waals surface area contributed by atoms with Gasteiger partial charge in [0.1, 0.15) is 5.82 Å². The number of halogens is 1. The van der Waals surface area contributed by atoms with Crippen LogP contribution >= 0.6 is 0 Å². The molecule has 0 atom stereocenters. The van der Waals surface area contributed by atoms with Crippen LogP contribution in [0.3, 0.4) is 0 Å². The van der Waals surface area contributed by atoms with Crippen molar-refractivity contribution in [1.82, 2.24) is 5.32 Å². The first-order chi connectivity index (χ1) is 8.56. The third kappa shape index (κ3) is 3.00. The molecular formula is C14H20FN3. The molecule has 1 fully saturated rings. The fourth-order valence-corrected chi connectivity index (χ4v) is 2.28. The molecule has 1 aromatic carbocycles. The van der Waals surface area contributed by atoms with Crippen LogP contribution in [0.2, 0.25) is 0 Å². The van der Waals surface area contributed by atoms with Crippen molar-refractivity contribution < 1.29 is 4.39 Å². The first-order valence-electron chi connectivity index (χ1n) is 6.40. The summed E-state index contributed by atoms with van der Waals surface area (Å²) in [5, 5.41) is 3.06. The van der Waals surface area contributed by atoms with E-state index in [0.29, 0.717) is 5.96 Å². The van der Waals surface area contributed by atoms with Crippen molar-refractivity contribution >= 4 is 5.96 Å². The van der Waals surface area contributed by atoms with Crippen molar-refractivity contribution in [1.29, 1.82) is 0 Å². The van der Waals surface area contributed by atoms with Crippen LogP contribution in [0.15, 0.2) is 29.3 Å². The fraction of sp³-hybridized carbons (Fsp3) is 0.500. The highest BCUT2D eigenvalue weighted by atomic mass is 19.1. The van der Waals surface area contributed by atoms with Gasteiger partial charge in [0.2, 0.25) is 0 Å². The molecule has 0 spiro atoms. The zero-order chi connectivity index (χ0) is 13.1. The lowest BCUT2D eigenvalue weighted by Gasteiger charge is -2.33. The van der Waals surface area contributed by atoms with E-state index in [-0.39, 0.29) is 23.8 Å². The molecule has 0 heterocycles. The number of benzene rings is 1. The van der Waals surface area contributed by atoms with Gasteiger partial charge in [0, 0.05) is 6.04 Å². The first-order valence-corrected chi connectivity index (χ1v) is 6.40. The zero-order valence-corrected chi connectivity index (χ0v) is 10.9. The predicted molar refractivity (Wildman–Crippen MR) is 72.1 cm³/mol. The smallest absolute Gasteiger partial charge is 0.189 e. The zero-order valence-electron chi connectivity index (χ0n) is 10.9. The Balaban J connectivity index is 1.89. The Morgan fingerprint density at radius 3 is 2.67 bits per heavy atom. The normalized spacial score (nSPS) is 23.9. The second-order valence-corrected chi connectivity index (χ2v) is 5.16. The lowest BCUT2D eigenvalue weighted by Crippen LogP contribution is -2.39. The summed E-state index contributed by atoms with van der Waals surface area (Å²) in [5.41, 5.74) is 6.57. The van der Waals surface area contributed by atoms with E-state index in [1.165, 1.54) is 6.07 Å². The summed E-state index contributed by atoms with van der Waals surface area (Å²) in [6.07, 6.45) is 1.75. The number of nitrogens with two attached hydrogens (primary N) is 1. The Morgan fingerprint density at radius 1 is 1.39 bits per heavy atom. The average Bonchev–Trinajstić information content (AvgIpc) is 2.23. The Hall–Kier alpha value is -1.58. The van der Waals surface area contributed by atoms with Crippen LogP contribution in [0.5, 0.6) is 0 Å². The molecule has 1 aliphatic carbocycles. The number of guanidine groups is 1. The SMILES string of the molecule is CC(C)NC(N)=NC1CC(c2ccccc2F)C1. The summed E-state index contributed by atoms with van der Waals surface area (Å²) >= 11 is 0. The minimum absolute atomic E-state index is 0.113. The van der Waals surface area contributed by atoms with E-state index in [9.17, 15) is 4.39 Å². The monoisotopic (exact) mass is 249 g/mol. The number of nitrogens with zero attached hydrogens (tertiary/aromatic N) is 1. The molecule has 0 amide bonds. The van der Waals surface area contributed by atoms with E-state index >= 15 is 0 Å². The van der Waals surface area contributed by atoms with Crippen LogP contribution in [0.25, 0.3) is 0 Å². The first kappa shape index (κ1) is 12.9. The third-order valence-corrected chi connectivity index (χ3v) is 3.22. The Bertz CT molecular complexity index is 436. The summed E-state index contributed by atoms with van der Waals surface area (Å²) in [6.45, 7) is 4.04.